The van der Waals surface area contributed by atoms with E-state index >= 15 is 0 Å². The number of anilines is 2. The van der Waals surface area contributed by atoms with Crippen molar-refractivity contribution in [3.05, 3.63) is 76.8 Å². The zero-order chi connectivity index (χ0) is 26.6. The standard InChI is InChI=1S/C19H26N6O3.C7H5ClO/c1-20-13-4-6-14(7-5-13)24-19(28)17-16(22-12-23-17)18(27)21-8-10-25-9-2-3-15(26)11-25;8-7-4-2-1-3-6(7)5-9/h4-7,12,15,20,26H,2-3,8-11H2,1H3,(H,21,27)(H,22,23)(H,24,28);1-5H. The third-order valence-corrected chi connectivity index (χ3v) is 6.08. The SMILES string of the molecule is CNc1ccc(NC(=O)c2nc[nH]c2C(=O)NCCN2CCCC(O)C2)cc1.O=Cc1ccccc1Cl. The third-order valence-electron chi connectivity index (χ3n) is 5.74. The predicted octanol–water partition coefficient (Wildman–Crippen LogP) is 3.04. The van der Waals surface area contributed by atoms with Crippen LogP contribution < -0.4 is 16.0 Å². The van der Waals surface area contributed by atoms with Gasteiger partial charge in [0.25, 0.3) is 11.8 Å². The van der Waals surface area contributed by atoms with Gasteiger partial charge in [0.2, 0.25) is 0 Å². The summed E-state index contributed by atoms with van der Waals surface area (Å²) in [5, 5.41) is 18.7. The van der Waals surface area contributed by atoms with Crippen LogP contribution in [0.25, 0.3) is 0 Å². The van der Waals surface area contributed by atoms with E-state index in [0.717, 1.165) is 31.4 Å². The number of aromatic amines is 1. The molecule has 1 aromatic heterocycles. The molecule has 0 radical (unpaired) electrons. The van der Waals surface area contributed by atoms with Crippen molar-refractivity contribution < 1.29 is 19.5 Å². The van der Waals surface area contributed by atoms with Gasteiger partial charge in [-0.15, -0.1) is 0 Å². The van der Waals surface area contributed by atoms with Crippen molar-refractivity contribution in [1.82, 2.24) is 20.2 Å². The number of aldehydes is 1. The van der Waals surface area contributed by atoms with E-state index in [4.69, 9.17) is 11.6 Å². The maximum absolute atomic E-state index is 12.5. The summed E-state index contributed by atoms with van der Waals surface area (Å²) >= 11 is 5.59. The number of nitrogens with one attached hydrogen (secondary N) is 4. The Bertz CT molecular complexity index is 1180. The Kier molecular flexibility index (Phi) is 10.6. The largest absolute Gasteiger partial charge is 0.392 e. The van der Waals surface area contributed by atoms with E-state index < -0.39 is 5.91 Å². The van der Waals surface area contributed by atoms with Gasteiger partial charge < -0.3 is 26.0 Å². The maximum atomic E-state index is 12.5. The molecule has 0 spiro atoms. The zero-order valence-corrected chi connectivity index (χ0v) is 21.3. The number of hydrogen-bond donors (Lipinski definition) is 5. The summed E-state index contributed by atoms with van der Waals surface area (Å²) in [6, 6.07) is 14.1. The molecule has 0 aliphatic carbocycles. The van der Waals surface area contributed by atoms with Crippen molar-refractivity contribution in [1.29, 1.82) is 0 Å². The molecular formula is C26H31ClN6O4. The van der Waals surface area contributed by atoms with Gasteiger partial charge in [0.05, 0.1) is 17.5 Å². The Morgan fingerprint density at radius 3 is 2.54 bits per heavy atom. The number of rotatable bonds is 8. The average molecular weight is 527 g/mol. The van der Waals surface area contributed by atoms with Crippen molar-refractivity contribution in [2.75, 3.05) is 43.9 Å². The Hall–Kier alpha value is -3.73. The molecule has 1 unspecified atom stereocenters. The zero-order valence-electron chi connectivity index (χ0n) is 20.5. The predicted molar refractivity (Wildman–Crippen MR) is 143 cm³/mol. The first-order valence-corrected chi connectivity index (χ1v) is 12.3. The number of aliphatic hydroxyl groups excluding tert-OH is 1. The smallest absolute Gasteiger partial charge is 0.276 e. The fraction of sp³-hybridized carbons (Fsp3) is 0.308. The van der Waals surface area contributed by atoms with Crippen molar-refractivity contribution >= 4 is 41.1 Å². The van der Waals surface area contributed by atoms with Crippen molar-refractivity contribution in [2.45, 2.75) is 18.9 Å². The first-order valence-electron chi connectivity index (χ1n) is 11.9. The molecule has 196 valence electrons. The molecule has 2 heterocycles. The summed E-state index contributed by atoms with van der Waals surface area (Å²) in [5.74, 6) is -0.839. The van der Waals surface area contributed by atoms with Crippen molar-refractivity contribution in [3.8, 4) is 0 Å². The Morgan fingerprint density at radius 1 is 1.16 bits per heavy atom. The van der Waals surface area contributed by atoms with Gasteiger partial charge >= 0.3 is 0 Å². The molecule has 2 amide bonds. The van der Waals surface area contributed by atoms with Gasteiger partial charge in [-0.3, -0.25) is 19.3 Å². The molecule has 1 saturated heterocycles. The van der Waals surface area contributed by atoms with Crippen LogP contribution in [0.3, 0.4) is 0 Å². The minimum atomic E-state index is -0.456. The van der Waals surface area contributed by atoms with Gasteiger partial charge in [-0.25, -0.2) is 4.98 Å². The molecule has 10 nitrogen and oxygen atoms in total. The minimum absolute atomic E-state index is 0.0450. The fourth-order valence-corrected chi connectivity index (χ4v) is 3.95. The Balaban J connectivity index is 0.000000356. The lowest BCUT2D eigenvalue weighted by atomic mass is 10.1. The molecule has 1 aliphatic rings. The van der Waals surface area contributed by atoms with E-state index in [2.05, 4.69) is 30.8 Å². The number of aromatic nitrogens is 2. The number of halogens is 1. The number of β-amino-alcohol motifs (C(OH)–C–C–N with tert-alkyl or cyclic N) is 1. The molecule has 0 saturated carbocycles. The highest BCUT2D eigenvalue weighted by atomic mass is 35.5. The molecule has 37 heavy (non-hydrogen) atoms. The van der Waals surface area contributed by atoms with Crippen molar-refractivity contribution in [2.24, 2.45) is 0 Å². The molecule has 2 aromatic carbocycles. The third kappa shape index (κ3) is 8.42. The molecule has 1 fully saturated rings. The number of benzene rings is 2. The van der Waals surface area contributed by atoms with Crippen LogP contribution in [0.4, 0.5) is 11.4 Å². The number of H-pyrrole nitrogens is 1. The summed E-state index contributed by atoms with van der Waals surface area (Å²) in [5.41, 5.74) is 2.26. The quantitative estimate of drug-likeness (QED) is 0.284. The topological polar surface area (TPSA) is 139 Å². The second kappa shape index (κ2) is 14.1. The van der Waals surface area contributed by atoms with Crippen LogP contribution in [0.15, 0.2) is 54.9 Å². The van der Waals surface area contributed by atoms with Crippen molar-refractivity contribution in [3.63, 3.8) is 0 Å². The summed E-state index contributed by atoms with van der Waals surface area (Å²) in [4.78, 5) is 43.9. The van der Waals surface area contributed by atoms with E-state index in [-0.39, 0.29) is 23.4 Å². The van der Waals surface area contributed by atoms with Crippen LogP contribution in [0, 0.1) is 0 Å². The second-order valence-electron chi connectivity index (χ2n) is 8.40. The van der Waals surface area contributed by atoms with Crippen LogP contribution in [0.2, 0.25) is 5.02 Å². The number of imidazole rings is 1. The van der Waals surface area contributed by atoms with E-state index in [1.54, 1.807) is 36.4 Å². The summed E-state index contributed by atoms with van der Waals surface area (Å²) < 4.78 is 0. The fourth-order valence-electron chi connectivity index (χ4n) is 3.77. The molecule has 3 aromatic rings. The van der Waals surface area contributed by atoms with Gasteiger partial charge in [-0.2, -0.15) is 0 Å². The number of nitrogens with zero attached hydrogens (tertiary/aromatic N) is 2. The first kappa shape index (κ1) is 27.9. The van der Waals surface area contributed by atoms with E-state index in [1.807, 2.05) is 19.2 Å². The molecule has 1 atom stereocenters. The number of hydrogen-bond acceptors (Lipinski definition) is 7. The second-order valence-corrected chi connectivity index (χ2v) is 8.81. The number of carbonyl (C=O) groups excluding carboxylic acids is 3. The van der Waals surface area contributed by atoms with E-state index in [9.17, 15) is 19.5 Å². The Morgan fingerprint density at radius 2 is 1.89 bits per heavy atom. The Labute approximate surface area is 220 Å². The number of carbonyl (C=O) groups is 3. The lowest BCUT2D eigenvalue weighted by molar-refractivity contribution is 0.0702. The van der Waals surface area contributed by atoms with Crippen LogP contribution in [0.5, 0.6) is 0 Å². The molecule has 0 bridgehead atoms. The molecule has 4 rings (SSSR count). The van der Waals surface area contributed by atoms with E-state index in [0.29, 0.717) is 35.9 Å². The number of aliphatic hydroxyl groups is 1. The van der Waals surface area contributed by atoms with Gasteiger partial charge in [-0.05, 0) is 49.7 Å². The lowest BCUT2D eigenvalue weighted by Crippen LogP contribution is -2.42. The molecular weight excluding hydrogens is 496 g/mol. The summed E-state index contributed by atoms with van der Waals surface area (Å²) in [6.07, 6.45) is 3.55. The maximum Gasteiger partial charge on any atom is 0.276 e. The molecule has 11 heteroatoms. The van der Waals surface area contributed by atoms with Gasteiger partial charge in [0.1, 0.15) is 5.69 Å². The summed E-state index contributed by atoms with van der Waals surface area (Å²) in [6.45, 7) is 2.62. The lowest BCUT2D eigenvalue weighted by Gasteiger charge is -2.29. The van der Waals surface area contributed by atoms with Crippen LogP contribution in [-0.2, 0) is 0 Å². The highest BCUT2D eigenvalue weighted by molar-refractivity contribution is 6.32. The molecule has 5 N–H and O–H groups in total. The number of piperidine rings is 1. The van der Waals surface area contributed by atoms with Gasteiger partial charge in [-0.1, -0.05) is 29.8 Å². The minimum Gasteiger partial charge on any atom is -0.392 e. The molecule has 1 aliphatic heterocycles. The van der Waals surface area contributed by atoms with E-state index in [1.165, 1.54) is 6.33 Å². The van der Waals surface area contributed by atoms with Gasteiger partial charge in [0.15, 0.2) is 12.0 Å². The van der Waals surface area contributed by atoms with Crippen LogP contribution in [-0.4, -0.2) is 77.4 Å². The average Bonchev–Trinajstić information content (AvgIpc) is 3.40. The highest BCUT2D eigenvalue weighted by Gasteiger charge is 2.21. The van der Waals surface area contributed by atoms with Gasteiger partial charge in [0, 0.05) is 43.6 Å². The summed E-state index contributed by atoms with van der Waals surface area (Å²) in [7, 11) is 1.82. The van der Waals surface area contributed by atoms with Crippen LogP contribution in [0.1, 0.15) is 44.2 Å². The monoisotopic (exact) mass is 526 g/mol. The number of amides is 2. The highest BCUT2D eigenvalue weighted by Crippen LogP contribution is 2.15. The first-order chi connectivity index (χ1) is 17.9. The number of likely N-dealkylation sites (tertiary alicyclic amines) is 1. The van der Waals surface area contributed by atoms with Crippen LogP contribution >= 0.6 is 11.6 Å². The normalized spacial score (nSPS) is 15.2.